The Balaban J connectivity index is 1.61. The van der Waals surface area contributed by atoms with Crippen molar-refractivity contribution < 1.29 is 9.21 Å². The predicted octanol–water partition coefficient (Wildman–Crippen LogP) is 2.62. The van der Waals surface area contributed by atoms with Gasteiger partial charge in [0.1, 0.15) is 5.15 Å². The lowest BCUT2D eigenvalue weighted by atomic mass is 10.0. The number of aryl methyl sites for hydroxylation is 2. The van der Waals surface area contributed by atoms with Gasteiger partial charge in [-0.3, -0.25) is 9.48 Å². The summed E-state index contributed by atoms with van der Waals surface area (Å²) in [7, 11) is 1.86. The van der Waals surface area contributed by atoms with Gasteiger partial charge in [-0.15, -0.1) is 0 Å². The van der Waals surface area contributed by atoms with Gasteiger partial charge in [0.2, 0.25) is 0 Å². The summed E-state index contributed by atoms with van der Waals surface area (Å²) in [6, 6.07) is 3.70. The van der Waals surface area contributed by atoms with Crippen LogP contribution >= 0.6 is 11.6 Å². The number of carbonyl (C=O) groups is 1. The van der Waals surface area contributed by atoms with Crippen molar-refractivity contribution in [3.63, 3.8) is 0 Å². The molecule has 0 bridgehead atoms. The molecule has 1 saturated heterocycles. The molecular weight excluding hydrogens is 328 g/mol. The number of hydrogen-bond acceptors (Lipinski definition) is 4. The van der Waals surface area contributed by atoms with Gasteiger partial charge >= 0.3 is 0 Å². The van der Waals surface area contributed by atoms with E-state index in [1.165, 1.54) is 6.26 Å². The molecule has 1 fully saturated rings. The molecule has 0 radical (unpaired) electrons. The van der Waals surface area contributed by atoms with E-state index in [1.54, 1.807) is 16.8 Å². The molecule has 0 aromatic carbocycles. The fraction of sp³-hybridized carbons (Fsp3) is 0.529. The molecule has 3 rings (SSSR count). The van der Waals surface area contributed by atoms with E-state index in [9.17, 15) is 4.79 Å². The Morgan fingerprint density at radius 2 is 2.38 bits per heavy atom. The van der Waals surface area contributed by atoms with Gasteiger partial charge in [0.05, 0.1) is 12.0 Å². The molecule has 1 aliphatic heterocycles. The molecule has 2 aromatic heterocycles. The van der Waals surface area contributed by atoms with Gasteiger partial charge in [0, 0.05) is 38.3 Å². The van der Waals surface area contributed by atoms with Gasteiger partial charge in [-0.25, -0.2) is 0 Å². The summed E-state index contributed by atoms with van der Waals surface area (Å²) in [5.41, 5.74) is 2.07. The Hall–Kier alpha value is -1.79. The van der Waals surface area contributed by atoms with E-state index < -0.39 is 0 Å². The number of carbonyl (C=O) groups excluding carboxylic acids is 1. The van der Waals surface area contributed by atoms with Gasteiger partial charge in [0.15, 0.2) is 5.76 Å². The highest BCUT2D eigenvalue weighted by Crippen LogP contribution is 2.21. The lowest BCUT2D eigenvalue weighted by molar-refractivity contribution is 0.0662. The summed E-state index contributed by atoms with van der Waals surface area (Å²) in [5, 5.41) is 8.65. The normalized spacial score (nSPS) is 18.1. The molecule has 24 heavy (non-hydrogen) atoms. The second-order valence-corrected chi connectivity index (χ2v) is 6.50. The van der Waals surface area contributed by atoms with Crippen molar-refractivity contribution >= 4 is 17.5 Å². The number of halogens is 1. The van der Waals surface area contributed by atoms with Crippen molar-refractivity contribution in [3.8, 4) is 0 Å². The van der Waals surface area contributed by atoms with Crippen LogP contribution in [0.4, 0.5) is 0 Å². The molecule has 3 heterocycles. The average Bonchev–Trinajstić information content (AvgIpc) is 3.22. The topological polar surface area (TPSA) is 63.3 Å². The molecule has 6 nitrogen and oxygen atoms in total. The first-order valence-corrected chi connectivity index (χ1v) is 8.74. The van der Waals surface area contributed by atoms with Gasteiger partial charge in [-0.05, 0) is 31.4 Å². The van der Waals surface area contributed by atoms with Crippen LogP contribution in [0.1, 0.15) is 41.6 Å². The minimum absolute atomic E-state index is 0.0415. The fourth-order valence-electron chi connectivity index (χ4n) is 3.19. The number of amides is 1. The Morgan fingerprint density at radius 3 is 3.08 bits per heavy atom. The SMILES string of the molecule is CCc1nn(C)c(Cl)c1CNC1CCCN(C(=O)c2ccco2)C1. The monoisotopic (exact) mass is 350 g/mol. The van der Waals surface area contributed by atoms with E-state index in [2.05, 4.69) is 17.3 Å². The lowest BCUT2D eigenvalue weighted by Gasteiger charge is -2.32. The van der Waals surface area contributed by atoms with Crippen molar-refractivity contribution in [1.29, 1.82) is 0 Å². The van der Waals surface area contributed by atoms with Crippen molar-refractivity contribution in [2.45, 2.75) is 38.8 Å². The van der Waals surface area contributed by atoms with Crippen LogP contribution in [-0.4, -0.2) is 39.7 Å². The van der Waals surface area contributed by atoms with Crippen molar-refractivity contribution in [3.05, 3.63) is 40.6 Å². The van der Waals surface area contributed by atoms with Crippen LogP contribution in [-0.2, 0) is 20.0 Å². The van der Waals surface area contributed by atoms with E-state index in [0.717, 1.165) is 37.1 Å². The van der Waals surface area contributed by atoms with Crippen LogP contribution in [0.3, 0.4) is 0 Å². The van der Waals surface area contributed by atoms with Crippen LogP contribution in [0, 0.1) is 0 Å². The molecular formula is C17H23ClN4O2. The largest absolute Gasteiger partial charge is 0.459 e. The summed E-state index contributed by atoms with van der Waals surface area (Å²) in [4.78, 5) is 14.3. The van der Waals surface area contributed by atoms with E-state index in [-0.39, 0.29) is 11.9 Å². The van der Waals surface area contributed by atoms with E-state index in [1.807, 2.05) is 11.9 Å². The van der Waals surface area contributed by atoms with Crippen molar-refractivity contribution in [2.75, 3.05) is 13.1 Å². The molecule has 7 heteroatoms. The number of nitrogens with one attached hydrogen (secondary N) is 1. The zero-order valence-electron chi connectivity index (χ0n) is 14.1. The van der Waals surface area contributed by atoms with Gasteiger partial charge in [-0.2, -0.15) is 5.10 Å². The zero-order chi connectivity index (χ0) is 17.1. The summed E-state index contributed by atoms with van der Waals surface area (Å²) in [5.74, 6) is 0.361. The highest BCUT2D eigenvalue weighted by molar-refractivity contribution is 6.30. The minimum Gasteiger partial charge on any atom is -0.459 e. The second kappa shape index (κ2) is 7.40. The number of nitrogens with zero attached hydrogens (tertiary/aromatic N) is 3. The molecule has 130 valence electrons. The smallest absolute Gasteiger partial charge is 0.289 e. The molecule has 1 N–H and O–H groups in total. The summed E-state index contributed by atoms with van der Waals surface area (Å²) < 4.78 is 6.94. The maximum atomic E-state index is 12.4. The highest BCUT2D eigenvalue weighted by atomic mass is 35.5. The van der Waals surface area contributed by atoms with Crippen LogP contribution in [0.25, 0.3) is 0 Å². The number of rotatable bonds is 5. The van der Waals surface area contributed by atoms with E-state index >= 15 is 0 Å². The minimum atomic E-state index is -0.0415. The maximum Gasteiger partial charge on any atom is 0.289 e. The van der Waals surface area contributed by atoms with Crippen LogP contribution in [0.15, 0.2) is 22.8 Å². The first-order valence-electron chi connectivity index (χ1n) is 8.36. The Morgan fingerprint density at radius 1 is 1.54 bits per heavy atom. The molecule has 0 saturated carbocycles. The third-order valence-electron chi connectivity index (χ3n) is 4.50. The molecule has 1 unspecified atom stereocenters. The third-order valence-corrected chi connectivity index (χ3v) is 4.97. The molecule has 1 amide bonds. The summed E-state index contributed by atoms with van der Waals surface area (Å²) in [6.45, 7) is 4.19. The highest BCUT2D eigenvalue weighted by Gasteiger charge is 2.26. The van der Waals surface area contributed by atoms with Gasteiger partial charge in [-0.1, -0.05) is 18.5 Å². The standard InChI is InChI=1S/C17H23ClN4O2/c1-3-14-13(16(18)21(2)20-14)10-19-12-6-4-8-22(11-12)17(23)15-7-5-9-24-15/h5,7,9,12,19H,3-4,6,8,10-11H2,1-2H3. The number of hydrogen-bond donors (Lipinski definition) is 1. The first-order chi connectivity index (χ1) is 11.6. The van der Waals surface area contributed by atoms with E-state index in [4.69, 9.17) is 16.0 Å². The Labute approximate surface area is 146 Å². The molecule has 1 atom stereocenters. The number of likely N-dealkylation sites (tertiary alicyclic amines) is 1. The molecule has 2 aromatic rings. The van der Waals surface area contributed by atoms with Crippen molar-refractivity contribution in [1.82, 2.24) is 20.0 Å². The van der Waals surface area contributed by atoms with Gasteiger partial charge in [0.25, 0.3) is 5.91 Å². The maximum absolute atomic E-state index is 12.4. The zero-order valence-corrected chi connectivity index (χ0v) is 14.8. The third kappa shape index (κ3) is 3.49. The number of aromatic nitrogens is 2. The van der Waals surface area contributed by atoms with Gasteiger partial charge < -0.3 is 14.6 Å². The number of furan rings is 1. The van der Waals surface area contributed by atoms with Crippen molar-refractivity contribution in [2.24, 2.45) is 7.05 Å². The molecule has 0 spiro atoms. The number of piperidine rings is 1. The lowest BCUT2D eigenvalue weighted by Crippen LogP contribution is -2.47. The second-order valence-electron chi connectivity index (χ2n) is 6.14. The van der Waals surface area contributed by atoms with Crippen LogP contribution < -0.4 is 5.32 Å². The van der Waals surface area contributed by atoms with Crippen LogP contribution in [0.5, 0.6) is 0 Å². The predicted molar refractivity (Wildman–Crippen MR) is 92.1 cm³/mol. The summed E-state index contributed by atoms with van der Waals surface area (Å²) >= 11 is 6.34. The first kappa shape index (κ1) is 17.0. The Bertz CT molecular complexity index is 696. The molecule has 0 aliphatic carbocycles. The summed E-state index contributed by atoms with van der Waals surface area (Å²) in [6.07, 6.45) is 4.40. The van der Waals surface area contributed by atoms with Crippen LogP contribution in [0.2, 0.25) is 5.15 Å². The average molecular weight is 351 g/mol. The quantitative estimate of drug-likeness (QED) is 0.900. The molecule has 1 aliphatic rings. The Kier molecular flexibility index (Phi) is 5.26. The van der Waals surface area contributed by atoms with E-state index in [0.29, 0.717) is 24.0 Å². The fourth-order valence-corrected chi connectivity index (χ4v) is 3.40.